The van der Waals surface area contributed by atoms with E-state index in [0.717, 1.165) is 11.1 Å². The summed E-state index contributed by atoms with van der Waals surface area (Å²) >= 11 is 0. The summed E-state index contributed by atoms with van der Waals surface area (Å²) in [6, 6.07) is 0.199. The van der Waals surface area contributed by atoms with Gasteiger partial charge in [-0.05, 0) is 26.3 Å². The van der Waals surface area contributed by atoms with Crippen LogP contribution in [0.2, 0.25) is 0 Å². The van der Waals surface area contributed by atoms with E-state index in [4.69, 9.17) is 0 Å². The maximum atomic E-state index is 12.8. The van der Waals surface area contributed by atoms with Crippen molar-refractivity contribution in [1.82, 2.24) is 19.5 Å². The molecule has 0 saturated carbocycles. The molecule has 1 aliphatic rings. The molecule has 0 unspecified atom stereocenters. The molecule has 9 heteroatoms. The Hall–Kier alpha value is -2.16. The maximum Gasteiger partial charge on any atom is 0.255 e. The fourth-order valence-corrected chi connectivity index (χ4v) is 4.04. The predicted molar refractivity (Wildman–Crippen MR) is 91.0 cm³/mol. The molecular weight excluding hydrogens is 330 g/mol. The highest BCUT2D eigenvalue weighted by Gasteiger charge is 2.28. The summed E-state index contributed by atoms with van der Waals surface area (Å²) in [7, 11) is -3.02. The molecule has 1 aliphatic heterocycles. The fraction of sp³-hybridized carbons (Fsp3) is 0.533. The van der Waals surface area contributed by atoms with Gasteiger partial charge in [0.15, 0.2) is 15.7 Å². The molecule has 0 spiro atoms. The molecule has 24 heavy (non-hydrogen) atoms. The number of aryl methyl sites for hydroxylation is 1. The van der Waals surface area contributed by atoms with Crippen LogP contribution in [0, 0.1) is 6.92 Å². The lowest BCUT2D eigenvalue weighted by Gasteiger charge is -2.26. The zero-order valence-electron chi connectivity index (χ0n) is 14.0. The van der Waals surface area contributed by atoms with E-state index < -0.39 is 9.84 Å². The van der Waals surface area contributed by atoms with E-state index in [1.54, 1.807) is 15.6 Å². The summed E-state index contributed by atoms with van der Waals surface area (Å²) in [6.45, 7) is 6.34. The average Bonchev–Trinajstić information content (AvgIpc) is 2.84. The average molecular weight is 351 g/mol. The van der Waals surface area contributed by atoms with Crippen LogP contribution >= 0.6 is 0 Å². The molecule has 3 heterocycles. The first kappa shape index (κ1) is 16.7. The summed E-state index contributed by atoms with van der Waals surface area (Å²) < 4.78 is 24.7. The molecule has 2 aromatic heterocycles. The molecule has 1 N–H and O–H groups in total. The van der Waals surface area contributed by atoms with Gasteiger partial charge >= 0.3 is 0 Å². The van der Waals surface area contributed by atoms with Crippen LogP contribution in [0.1, 0.15) is 29.8 Å². The second-order valence-electron chi connectivity index (χ2n) is 6.31. The molecule has 8 nitrogen and oxygen atoms in total. The fourth-order valence-electron chi connectivity index (χ4n) is 2.84. The van der Waals surface area contributed by atoms with Gasteiger partial charge < -0.3 is 10.2 Å². The molecule has 2 aromatic rings. The number of fused-ring (bicyclic) bond motifs is 1. The number of nitrogens with zero attached hydrogens (tertiary/aromatic N) is 4. The summed E-state index contributed by atoms with van der Waals surface area (Å²) in [5.41, 5.74) is 2.08. The first-order valence-corrected chi connectivity index (χ1v) is 9.70. The minimum absolute atomic E-state index is 0.0190. The third kappa shape index (κ3) is 3.08. The molecule has 1 fully saturated rings. The Morgan fingerprint density at radius 1 is 1.29 bits per heavy atom. The number of sulfone groups is 1. The Labute approximate surface area is 140 Å². The van der Waals surface area contributed by atoms with Crippen LogP contribution in [-0.2, 0) is 9.84 Å². The maximum absolute atomic E-state index is 12.8. The smallest absolute Gasteiger partial charge is 0.255 e. The number of hydrogen-bond donors (Lipinski definition) is 1. The number of carbonyl (C=O) groups excluding carboxylic acids is 1. The van der Waals surface area contributed by atoms with Gasteiger partial charge in [-0.3, -0.25) is 4.79 Å². The van der Waals surface area contributed by atoms with Crippen molar-refractivity contribution in [1.29, 1.82) is 0 Å². The van der Waals surface area contributed by atoms with Crippen molar-refractivity contribution < 1.29 is 13.2 Å². The summed E-state index contributed by atoms with van der Waals surface area (Å²) in [4.78, 5) is 18.6. The number of aromatic nitrogens is 3. The van der Waals surface area contributed by atoms with Crippen molar-refractivity contribution >= 4 is 27.1 Å². The van der Waals surface area contributed by atoms with Gasteiger partial charge in [-0.2, -0.15) is 5.10 Å². The molecule has 1 saturated heterocycles. The minimum atomic E-state index is -3.02. The Morgan fingerprint density at radius 2 is 1.96 bits per heavy atom. The molecule has 0 atom stereocenters. The number of hydrogen-bond acceptors (Lipinski definition) is 6. The standard InChI is InChI=1S/C15H21N5O3S/c1-10(2)18-14-13-11(3)12(8-20(13)17-9-16-14)15(21)19-4-6-24(22,23)7-5-19/h8-10H,4-7H2,1-3H3,(H,16,17,18). The number of amides is 1. The largest absolute Gasteiger partial charge is 0.366 e. The van der Waals surface area contributed by atoms with Gasteiger partial charge in [0.2, 0.25) is 0 Å². The van der Waals surface area contributed by atoms with Gasteiger partial charge in [0, 0.05) is 25.3 Å². The first-order chi connectivity index (χ1) is 11.3. The number of rotatable bonds is 3. The highest BCUT2D eigenvalue weighted by molar-refractivity contribution is 7.91. The second-order valence-corrected chi connectivity index (χ2v) is 8.62. The topological polar surface area (TPSA) is 96.7 Å². The van der Waals surface area contributed by atoms with E-state index in [1.165, 1.54) is 6.33 Å². The van der Waals surface area contributed by atoms with E-state index in [1.807, 2.05) is 20.8 Å². The number of anilines is 1. The number of nitrogens with one attached hydrogen (secondary N) is 1. The van der Waals surface area contributed by atoms with Crippen LogP contribution in [0.4, 0.5) is 5.82 Å². The third-order valence-corrected chi connectivity index (χ3v) is 5.72. The van der Waals surface area contributed by atoms with Gasteiger partial charge in [-0.25, -0.2) is 17.9 Å². The van der Waals surface area contributed by atoms with Crippen molar-refractivity contribution in [2.75, 3.05) is 29.9 Å². The lowest BCUT2D eigenvalue weighted by molar-refractivity contribution is 0.0769. The van der Waals surface area contributed by atoms with Crippen LogP contribution in [0.25, 0.3) is 5.52 Å². The molecule has 0 aliphatic carbocycles. The van der Waals surface area contributed by atoms with Gasteiger partial charge in [-0.15, -0.1) is 0 Å². The quantitative estimate of drug-likeness (QED) is 0.876. The Balaban J connectivity index is 1.95. The van der Waals surface area contributed by atoms with Crippen LogP contribution < -0.4 is 5.32 Å². The van der Waals surface area contributed by atoms with E-state index in [-0.39, 0.29) is 36.5 Å². The first-order valence-electron chi connectivity index (χ1n) is 7.87. The van der Waals surface area contributed by atoms with Crippen molar-refractivity contribution in [3.63, 3.8) is 0 Å². The van der Waals surface area contributed by atoms with Crippen LogP contribution in [0.15, 0.2) is 12.5 Å². The summed E-state index contributed by atoms with van der Waals surface area (Å²) in [6.07, 6.45) is 3.13. The Bertz CT molecular complexity index is 874. The predicted octanol–water partition coefficient (Wildman–Crippen LogP) is 0.729. The highest BCUT2D eigenvalue weighted by Crippen LogP contribution is 2.24. The normalized spacial score (nSPS) is 17.4. The minimum Gasteiger partial charge on any atom is -0.366 e. The van der Waals surface area contributed by atoms with Gasteiger partial charge in [-0.1, -0.05) is 0 Å². The number of carbonyl (C=O) groups is 1. The molecule has 0 bridgehead atoms. The molecule has 1 amide bonds. The van der Waals surface area contributed by atoms with Crippen LogP contribution in [0.5, 0.6) is 0 Å². The molecule has 0 radical (unpaired) electrons. The summed E-state index contributed by atoms with van der Waals surface area (Å²) in [5, 5.41) is 7.44. The van der Waals surface area contributed by atoms with Crippen molar-refractivity contribution in [2.45, 2.75) is 26.8 Å². The monoisotopic (exact) mass is 351 g/mol. The van der Waals surface area contributed by atoms with Crippen LogP contribution in [0.3, 0.4) is 0 Å². The van der Waals surface area contributed by atoms with Gasteiger partial charge in [0.05, 0.1) is 17.1 Å². The lowest BCUT2D eigenvalue weighted by atomic mass is 10.1. The highest BCUT2D eigenvalue weighted by atomic mass is 32.2. The van der Waals surface area contributed by atoms with Crippen molar-refractivity contribution in [3.05, 3.63) is 23.7 Å². The van der Waals surface area contributed by atoms with E-state index in [2.05, 4.69) is 15.4 Å². The third-order valence-electron chi connectivity index (χ3n) is 4.11. The Morgan fingerprint density at radius 3 is 2.58 bits per heavy atom. The SMILES string of the molecule is Cc1c(C(=O)N2CCS(=O)(=O)CC2)cn2ncnc(NC(C)C)c12. The zero-order chi connectivity index (χ0) is 17.5. The Kier molecular flexibility index (Phi) is 4.20. The van der Waals surface area contributed by atoms with Gasteiger partial charge in [0.1, 0.15) is 11.8 Å². The lowest BCUT2D eigenvalue weighted by Crippen LogP contribution is -2.43. The van der Waals surface area contributed by atoms with E-state index >= 15 is 0 Å². The van der Waals surface area contributed by atoms with Crippen molar-refractivity contribution in [2.24, 2.45) is 0 Å². The van der Waals surface area contributed by atoms with E-state index in [0.29, 0.717) is 11.4 Å². The summed E-state index contributed by atoms with van der Waals surface area (Å²) in [5.74, 6) is 0.553. The van der Waals surface area contributed by atoms with E-state index in [9.17, 15) is 13.2 Å². The van der Waals surface area contributed by atoms with Crippen LogP contribution in [-0.4, -0.2) is 64.5 Å². The zero-order valence-corrected chi connectivity index (χ0v) is 14.8. The molecule has 130 valence electrons. The molecular formula is C15H21N5O3S. The van der Waals surface area contributed by atoms with Crippen molar-refractivity contribution in [3.8, 4) is 0 Å². The molecule has 3 rings (SSSR count). The molecule has 0 aromatic carbocycles. The van der Waals surface area contributed by atoms with Gasteiger partial charge in [0.25, 0.3) is 5.91 Å². The second kappa shape index (κ2) is 6.04.